The minimum absolute atomic E-state index is 0.0504. The van der Waals surface area contributed by atoms with Crippen LogP contribution in [0, 0.1) is 5.92 Å². The quantitative estimate of drug-likeness (QED) is 0.789. The van der Waals surface area contributed by atoms with Crippen molar-refractivity contribution in [1.82, 2.24) is 19.9 Å². The van der Waals surface area contributed by atoms with Crippen molar-refractivity contribution < 1.29 is 14.3 Å². The highest BCUT2D eigenvalue weighted by molar-refractivity contribution is 5.97. The van der Waals surface area contributed by atoms with E-state index in [-0.39, 0.29) is 11.7 Å². The highest BCUT2D eigenvalue weighted by atomic mass is 16.5. The molecule has 0 amide bonds. The van der Waals surface area contributed by atoms with Crippen molar-refractivity contribution in [2.24, 2.45) is 5.92 Å². The number of nitrogens with zero attached hydrogens (tertiary/aromatic N) is 3. The van der Waals surface area contributed by atoms with Crippen LogP contribution in [0.4, 0.5) is 0 Å². The van der Waals surface area contributed by atoms with Gasteiger partial charge in [-0.25, -0.2) is 4.98 Å². The van der Waals surface area contributed by atoms with E-state index >= 15 is 0 Å². The second kappa shape index (κ2) is 7.02. The molecular weight excluding hydrogens is 284 g/mol. The first-order valence-corrected chi connectivity index (χ1v) is 7.11. The third-order valence-corrected chi connectivity index (χ3v) is 3.62. The maximum atomic E-state index is 12.8. The molecule has 0 radical (unpaired) electrons. The Hall–Kier alpha value is -2.44. The number of ether oxygens (including phenoxy) is 2. The number of aromatic amines is 1. The minimum Gasteiger partial charge on any atom is -0.481 e. The molecule has 0 aliphatic carbocycles. The van der Waals surface area contributed by atoms with Gasteiger partial charge in [0.05, 0.1) is 26.2 Å². The summed E-state index contributed by atoms with van der Waals surface area (Å²) >= 11 is 0. The average molecular weight is 304 g/mol. The van der Waals surface area contributed by atoms with Gasteiger partial charge in [0, 0.05) is 12.4 Å². The molecule has 118 valence electrons. The van der Waals surface area contributed by atoms with E-state index < -0.39 is 5.92 Å². The molecule has 2 heterocycles. The zero-order valence-corrected chi connectivity index (χ0v) is 13.2. The molecular formula is C15H20N4O3. The molecule has 2 unspecified atom stereocenters. The Bertz CT molecular complexity index is 605. The first-order valence-electron chi connectivity index (χ1n) is 7.11. The second-order valence-electron chi connectivity index (χ2n) is 4.98. The summed E-state index contributed by atoms with van der Waals surface area (Å²) in [6.45, 7) is 4.01. The first kappa shape index (κ1) is 15.9. The van der Waals surface area contributed by atoms with Gasteiger partial charge >= 0.3 is 0 Å². The minimum atomic E-state index is -0.514. The van der Waals surface area contributed by atoms with Crippen LogP contribution in [-0.4, -0.2) is 39.9 Å². The van der Waals surface area contributed by atoms with E-state index in [1.54, 1.807) is 18.5 Å². The van der Waals surface area contributed by atoms with E-state index in [1.807, 2.05) is 13.8 Å². The molecule has 0 saturated carbocycles. The summed E-state index contributed by atoms with van der Waals surface area (Å²) in [5.74, 6) is 0.802. The predicted molar refractivity (Wildman–Crippen MR) is 80.3 cm³/mol. The smallest absolute Gasteiger partial charge is 0.220 e. The number of nitrogens with one attached hydrogen (secondary N) is 1. The Kier molecular flexibility index (Phi) is 5.08. The van der Waals surface area contributed by atoms with Crippen molar-refractivity contribution >= 4 is 5.78 Å². The van der Waals surface area contributed by atoms with Crippen LogP contribution in [0.5, 0.6) is 11.8 Å². The molecule has 2 rings (SSSR count). The van der Waals surface area contributed by atoms with Gasteiger partial charge in [-0.3, -0.25) is 4.79 Å². The summed E-state index contributed by atoms with van der Waals surface area (Å²) in [5, 5.41) is 0. The van der Waals surface area contributed by atoms with E-state index in [0.717, 1.165) is 6.42 Å². The van der Waals surface area contributed by atoms with Crippen molar-refractivity contribution in [3.8, 4) is 11.8 Å². The number of Topliss-reactive ketones (excluding diaryl/α,β-unsaturated/α-hetero) is 1. The molecule has 0 aliphatic heterocycles. The van der Waals surface area contributed by atoms with Gasteiger partial charge in [0.25, 0.3) is 0 Å². The van der Waals surface area contributed by atoms with Gasteiger partial charge in [0.15, 0.2) is 5.82 Å². The Morgan fingerprint density at radius 3 is 2.36 bits per heavy atom. The first-order chi connectivity index (χ1) is 10.6. The lowest BCUT2D eigenvalue weighted by Crippen LogP contribution is -2.23. The SMILES string of the molecule is CCC(C)C(C(=O)c1ncc[nH]1)c1nc(OC)cc(OC)n1. The van der Waals surface area contributed by atoms with Gasteiger partial charge in [-0.05, 0) is 5.92 Å². The molecule has 0 saturated heterocycles. The molecule has 2 aromatic heterocycles. The van der Waals surface area contributed by atoms with Crippen molar-refractivity contribution in [1.29, 1.82) is 0 Å². The summed E-state index contributed by atoms with van der Waals surface area (Å²) in [5.41, 5.74) is 0. The molecule has 2 aromatic rings. The van der Waals surface area contributed by atoms with Crippen LogP contribution in [0.15, 0.2) is 18.5 Å². The molecule has 7 heteroatoms. The summed E-state index contributed by atoms with van der Waals surface area (Å²) < 4.78 is 10.3. The third kappa shape index (κ3) is 3.24. The molecule has 0 aromatic carbocycles. The summed E-state index contributed by atoms with van der Waals surface area (Å²) in [6, 6.07) is 1.58. The zero-order valence-electron chi connectivity index (χ0n) is 13.2. The number of hydrogen-bond donors (Lipinski definition) is 1. The Morgan fingerprint density at radius 2 is 1.91 bits per heavy atom. The molecule has 0 aliphatic rings. The van der Waals surface area contributed by atoms with Crippen molar-refractivity contribution in [3.63, 3.8) is 0 Å². The maximum Gasteiger partial charge on any atom is 0.220 e. The largest absolute Gasteiger partial charge is 0.481 e. The fraction of sp³-hybridized carbons (Fsp3) is 0.467. The number of imidazole rings is 1. The molecule has 1 N–H and O–H groups in total. The molecule has 0 bridgehead atoms. The van der Waals surface area contributed by atoms with Crippen molar-refractivity contribution in [2.75, 3.05) is 14.2 Å². The number of rotatable bonds is 7. The van der Waals surface area contributed by atoms with E-state index in [1.165, 1.54) is 14.2 Å². The van der Waals surface area contributed by atoms with Gasteiger partial charge in [-0.1, -0.05) is 20.3 Å². The number of carbonyl (C=O) groups excluding carboxylic acids is 1. The van der Waals surface area contributed by atoms with Crippen LogP contribution in [-0.2, 0) is 0 Å². The number of methoxy groups -OCH3 is 2. The van der Waals surface area contributed by atoms with Gasteiger partial charge in [0.1, 0.15) is 5.82 Å². The maximum absolute atomic E-state index is 12.8. The monoisotopic (exact) mass is 304 g/mol. The lowest BCUT2D eigenvalue weighted by atomic mass is 9.87. The topological polar surface area (TPSA) is 90.0 Å². The predicted octanol–water partition coefficient (Wildman–Crippen LogP) is 2.23. The summed E-state index contributed by atoms with van der Waals surface area (Å²) in [7, 11) is 3.02. The molecule has 2 atom stereocenters. The molecule has 0 spiro atoms. The highest BCUT2D eigenvalue weighted by Crippen LogP contribution is 2.30. The molecule has 7 nitrogen and oxygen atoms in total. The van der Waals surface area contributed by atoms with Crippen LogP contribution in [0.1, 0.15) is 42.6 Å². The lowest BCUT2D eigenvalue weighted by Gasteiger charge is -2.20. The Morgan fingerprint density at radius 1 is 1.27 bits per heavy atom. The lowest BCUT2D eigenvalue weighted by molar-refractivity contribution is 0.0917. The van der Waals surface area contributed by atoms with Gasteiger partial charge in [-0.2, -0.15) is 9.97 Å². The molecule has 0 fully saturated rings. The fourth-order valence-corrected chi connectivity index (χ4v) is 2.18. The number of H-pyrrole nitrogens is 1. The van der Waals surface area contributed by atoms with Crippen LogP contribution in [0.2, 0.25) is 0 Å². The van der Waals surface area contributed by atoms with Crippen LogP contribution >= 0.6 is 0 Å². The normalized spacial score (nSPS) is 13.5. The van der Waals surface area contributed by atoms with Gasteiger partial charge in [0.2, 0.25) is 17.5 Å². The number of ketones is 1. The highest BCUT2D eigenvalue weighted by Gasteiger charge is 2.31. The summed E-state index contributed by atoms with van der Waals surface area (Å²) in [6.07, 6.45) is 3.97. The van der Waals surface area contributed by atoms with E-state index in [2.05, 4.69) is 19.9 Å². The summed E-state index contributed by atoms with van der Waals surface area (Å²) in [4.78, 5) is 28.3. The van der Waals surface area contributed by atoms with Gasteiger partial charge < -0.3 is 14.5 Å². The van der Waals surface area contributed by atoms with Crippen molar-refractivity contribution in [3.05, 3.63) is 30.1 Å². The van der Waals surface area contributed by atoms with Crippen LogP contribution in [0.3, 0.4) is 0 Å². The third-order valence-electron chi connectivity index (χ3n) is 3.62. The van der Waals surface area contributed by atoms with E-state index in [4.69, 9.17) is 9.47 Å². The second-order valence-corrected chi connectivity index (χ2v) is 4.98. The van der Waals surface area contributed by atoms with Crippen LogP contribution in [0.25, 0.3) is 0 Å². The van der Waals surface area contributed by atoms with E-state index in [9.17, 15) is 4.79 Å². The number of hydrogen-bond acceptors (Lipinski definition) is 6. The Labute approximate surface area is 129 Å². The number of aromatic nitrogens is 4. The zero-order chi connectivity index (χ0) is 16.1. The van der Waals surface area contributed by atoms with Crippen LogP contribution < -0.4 is 9.47 Å². The standard InChI is InChI=1S/C15H20N4O3/c1-5-9(2)12(13(20)15-16-6-7-17-15)14-18-10(21-3)8-11(19-14)22-4/h6-9,12H,5H2,1-4H3,(H,16,17). The molecule has 22 heavy (non-hydrogen) atoms. The fourth-order valence-electron chi connectivity index (χ4n) is 2.18. The van der Waals surface area contributed by atoms with Gasteiger partial charge in [-0.15, -0.1) is 0 Å². The average Bonchev–Trinajstić information content (AvgIpc) is 3.08. The Balaban J connectivity index is 2.47. The number of carbonyl (C=O) groups is 1. The van der Waals surface area contributed by atoms with Crippen molar-refractivity contribution in [2.45, 2.75) is 26.2 Å². The van der Waals surface area contributed by atoms with E-state index in [0.29, 0.717) is 23.4 Å².